The molecule has 6 heteroatoms. The first-order valence-electron chi connectivity index (χ1n) is 9.16. The third kappa shape index (κ3) is 3.87. The van der Waals surface area contributed by atoms with Crippen LogP contribution in [0.25, 0.3) is 22.3 Å². The van der Waals surface area contributed by atoms with Gasteiger partial charge in [-0.15, -0.1) is 0 Å². The standard InChI is InChI=1S/C20H25N5S/c1-15(13-25-10-8-24(2)9-11-25)21-20-17-5-3-4-6-18(17)22-19(23-20)16-7-12-26-14-16/h3-7,12,14-15H,8-11,13H2,1-2H3,(H,21,22,23). The first-order valence-corrected chi connectivity index (χ1v) is 10.1. The summed E-state index contributed by atoms with van der Waals surface area (Å²) in [5.74, 6) is 1.72. The number of hydrogen-bond acceptors (Lipinski definition) is 6. The molecule has 1 saturated heterocycles. The second kappa shape index (κ2) is 7.70. The molecule has 1 atom stereocenters. The first-order chi connectivity index (χ1) is 12.7. The number of fused-ring (bicyclic) bond motifs is 1. The maximum absolute atomic E-state index is 4.85. The van der Waals surface area contributed by atoms with Gasteiger partial charge in [0.05, 0.1) is 5.52 Å². The lowest BCUT2D eigenvalue weighted by atomic mass is 10.2. The highest BCUT2D eigenvalue weighted by molar-refractivity contribution is 7.08. The average molecular weight is 368 g/mol. The number of aromatic nitrogens is 2. The highest BCUT2D eigenvalue weighted by Crippen LogP contribution is 2.26. The first kappa shape index (κ1) is 17.4. The Morgan fingerprint density at radius 1 is 1.12 bits per heavy atom. The van der Waals surface area contributed by atoms with Gasteiger partial charge in [-0.3, -0.25) is 4.90 Å². The van der Waals surface area contributed by atoms with E-state index >= 15 is 0 Å². The summed E-state index contributed by atoms with van der Waals surface area (Å²) in [5.41, 5.74) is 2.06. The number of anilines is 1. The Labute approximate surface area is 158 Å². The van der Waals surface area contributed by atoms with Crippen molar-refractivity contribution < 1.29 is 0 Å². The second-order valence-corrected chi connectivity index (χ2v) is 7.85. The van der Waals surface area contributed by atoms with Crippen LogP contribution in [-0.4, -0.2) is 65.6 Å². The normalized spacial score (nSPS) is 17.5. The fourth-order valence-electron chi connectivity index (χ4n) is 3.40. The van der Waals surface area contributed by atoms with Gasteiger partial charge in [0.2, 0.25) is 0 Å². The third-order valence-electron chi connectivity index (χ3n) is 4.89. The van der Waals surface area contributed by atoms with Crippen molar-refractivity contribution in [2.24, 2.45) is 0 Å². The van der Waals surface area contributed by atoms with Crippen molar-refractivity contribution in [3.05, 3.63) is 41.1 Å². The minimum Gasteiger partial charge on any atom is -0.366 e. The zero-order chi connectivity index (χ0) is 17.9. The number of hydrogen-bond donors (Lipinski definition) is 1. The number of para-hydroxylation sites is 1. The molecular weight excluding hydrogens is 342 g/mol. The molecule has 26 heavy (non-hydrogen) atoms. The molecule has 1 fully saturated rings. The molecule has 1 unspecified atom stereocenters. The fourth-order valence-corrected chi connectivity index (χ4v) is 4.04. The van der Waals surface area contributed by atoms with Crippen LogP contribution in [0.2, 0.25) is 0 Å². The predicted molar refractivity (Wildman–Crippen MR) is 110 cm³/mol. The lowest BCUT2D eigenvalue weighted by molar-refractivity contribution is 0.151. The van der Waals surface area contributed by atoms with Crippen LogP contribution < -0.4 is 5.32 Å². The zero-order valence-electron chi connectivity index (χ0n) is 15.4. The number of nitrogens with one attached hydrogen (secondary N) is 1. The van der Waals surface area contributed by atoms with Crippen LogP contribution in [0, 0.1) is 0 Å². The summed E-state index contributed by atoms with van der Waals surface area (Å²) in [7, 11) is 2.19. The molecular formula is C20H25N5S. The number of likely N-dealkylation sites (N-methyl/N-ethyl adjacent to an activating group) is 1. The van der Waals surface area contributed by atoms with Crippen molar-refractivity contribution in [2.45, 2.75) is 13.0 Å². The summed E-state index contributed by atoms with van der Waals surface area (Å²) in [6.45, 7) is 7.82. The van der Waals surface area contributed by atoms with Gasteiger partial charge in [0, 0.05) is 55.1 Å². The molecule has 0 amide bonds. The second-order valence-electron chi connectivity index (χ2n) is 7.07. The van der Waals surface area contributed by atoms with Gasteiger partial charge in [0.1, 0.15) is 5.82 Å². The molecule has 3 aromatic rings. The Hall–Kier alpha value is -2.02. The smallest absolute Gasteiger partial charge is 0.162 e. The fraction of sp³-hybridized carbons (Fsp3) is 0.400. The van der Waals surface area contributed by atoms with Gasteiger partial charge >= 0.3 is 0 Å². The molecule has 136 valence electrons. The molecule has 1 N–H and O–H groups in total. The van der Waals surface area contributed by atoms with E-state index < -0.39 is 0 Å². The molecule has 3 heterocycles. The Morgan fingerprint density at radius 2 is 1.92 bits per heavy atom. The molecule has 0 radical (unpaired) electrons. The summed E-state index contributed by atoms with van der Waals surface area (Å²) in [6.07, 6.45) is 0. The van der Waals surface area contributed by atoms with Crippen LogP contribution in [0.1, 0.15) is 6.92 Å². The van der Waals surface area contributed by atoms with E-state index in [0.717, 1.165) is 60.8 Å². The molecule has 1 aliphatic rings. The Kier molecular flexibility index (Phi) is 5.15. The molecule has 2 aromatic heterocycles. The van der Waals surface area contributed by atoms with Crippen LogP contribution in [-0.2, 0) is 0 Å². The lowest BCUT2D eigenvalue weighted by Crippen LogP contribution is -2.47. The molecule has 1 aromatic carbocycles. The number of thiophene rings is 1. The van der Waals surface area contributed by atoms with Crippen molar-refractivity contribution in [3.63, 3.8) is 0 Å². The Bertz CT molecular complexity index is 856. The zero-order valence-corrected chi connectivity index (χ0v) is 16.2. The number of rotatable bonds is 5. The van der Waals surface area contributed by atoms with E-state index in [9.17, 15) is 0 Å². The van der Waals surface area contributed by atoms with Gasteiger partial charge in [-0.25, -0.2) is 9.97 Å². The van der Waals surface area contributed by atoms with E-state index in [1.54, 1.807) is 11.3 Å². The summed E-state index contributed by atoms with van der Waals surface area (Å²) < 4.78 is 0. The monoisotopic (exact) mass is 367 g/mol. The van der Waals surface area contributed by atoms with Crippen molar-refractivity contribution >= 4 is 28.1 Å². The topological polar surface area (TPSA) is 44.3 Å². The number of nitrogens with zero attached hydrogens (tertiary/aromatic N) is 4. The maximum atomic E-state index is 4.85. The maximum Gasteiger partial charge on any atom is 0.162 e. The highest BCUT2D eigenvalue weighted by atomic mass is 32.1. The van der Waals surface area contributed by atoms with Gasteiger partial charge in [-0.1, -0.05) is 12.1 Å². The number of piperazine rings is 1. The van der Waals surface area contributed by atoms with Crippen molar-refractivity contribution in [1.29, 1.82) is 0 Å². The lowest BCUT2D eigenvalue weighted by Gasteiger charge is -2.34. The van der Waals surface area contributed by atoms with E-state index in [0.29, 0.717) is 6.04 Å². The van der Waals surface area contributed by atoms with E-state index in [1.165, 1.54) is 0 Å². The van der Waals surface area contributed by atoms with Crippen molar-refractivity contribution in [3.8, 4) is 11.4 Å². The van der Waals surface area contributed by atoms with Gasteiger partial charge < -0.3 is 10.2 Å². The molecule has 0 aliphatic carbocycles. The number of benzene rings is 1. The molecule has 5 nitrogen and oxygen atoms in total. The minimum atomic E-state index is 0.326. The van der Waals surface area contributed by atoms with E-state index in [2.05, 4.69) is 58.0 Å². The minimum absolute atomic E-state index is 0.326. The van der Waals surface area contributed by atoms with Crippen molar-refractivity contribution in [1.82, 2.24) is 19.8 Å². The van der Waals surface area contributed by atoms with Gasteiger partial charge in [0.15, 0.2) is 5.82 Å². The van der Waals surface area contributed by atoms with E-state index in [1.807, 2.05) is 12.1 Å². The molecule has 0 saturated carbocycles. The SMILES string of the molecule is CC(CN1CCN(C)CC1)Nc1nc(-c2ccsc2)nc2ccccc12. The predicted octanol–water partition coefficient (Wildman–Crippen LogP) is 3.41. The molecule has 0 bridgehead atoms. The van der Waals surface area contributed by atoms with Gasteiger partial charge in [-0.2, -0.15) is 11.3 Å². The van der Waals surface area contributed by atoms with Crippen LogP contribution >= 0.6 is 11.3 Å². The van der Waals surface area contributed by atoms with Crippen molar-refractivity contribution in [2.75, 3.05) is 45.1 Å². The van der Waals surface area contributed by atoms with Crippen LogP contribution in [0.5, 0.6) is 0 Å². The van der Waals surface area contributed by atoms with Crippen LogP contribution in [0.15, 0.2) is 41.1 Å². The highest BCUT2D eigenvalue weighted by Gasteiger charge is 2.17. The average Bonchev–Trinajstić information content (AvgIpc) is 3.18. The third-order valence-corrected chi connectivity index (χ3v) is 5.58. The summed E-state index contributed by atoms with van der Waals surface area (Å²) in [4.78, 5) is 14.5. The van der Waals surface area contributed by atoms with Crippen LogP contribution in [0.3, 0.4) is 0 Å². The Morgan fingerprint density at radius 3 is 2.69 bits per heavy atom. The summed E-state index contributed by atoms with van der Waals surface area (Å²) >= 11 is 1.67. The van der Waals surface area contributed by atoms with Crippen LogP contribution in [0.4, 0.5) is 5.82 Å². The summed E-state index contributed by atoms with van der Waals surface area (Å²) in [6, 6.07) is 10.6. The Balaban J connectivity index is 1.56. The largest absolute Gasteiger partial charge is 0.366 e. The molecule has 1 aliphatic heterocycles. The van der Waals surface area contributed by atoms with E-state index in [4.69, 9.17) is 9.97 Å². The molecule has 0 spiro atoms. The van der Waals surface area contributed by atoms with Gasteiger partial charge in [-0.05, 0) is 37.6 Å². The quantitative estimate of drug-likeness (QED) is 0.749. The molecule has 4 rings (SSSR count). The summed E-state index contributed by atoms with van der Waals surface area (Å²) in [5, 5.41) is 8.89. The van der Waals surface area contributed by atoms with Gasteiger partial charge in [0.25, 0.3) is 0 Å². The van der Waals surface area contributed by atoms with E-state index in [-0.39, 0.29) is 0 Å².